The highest BCUT2D eigenvalue weighted by Gasteiger charge is 2.20. The van der Waals surface area contributed by atoms with Crippen molar-refractivity contribution < 1.29 is 0 Å². The van der Waals surface area contributed by atoms with E-state index in [1.54, 1.807) is 0 Å². The molecule has 1 aromatic carbocycles. The van der Waals surface area contributed by atoms with Gasteiger partial charge in [-0.2, -0.15) is 0 Å². The molecule has 2 fully saturated rings. The van der Waals surface area contributed by atoms with Gasteiger partial charge in [-0.25, -0.2) is 0 Å². The van der Waals surface area contributed by atoms with Crippen molar-refractivity contribution in [2.75, 3.05) is 26.2 Å². The van der Waals surface area contributed by atoms with Crippen LogP contribution in [0.3, 0.4) is 0 Å². The van der Waals surface area contributed by atoms with Crippen LogP contribution in [0.4, 0.5) is 0 Å². The smallest absolute Gasteiger partial charge is 0.00915 e. The van der Waals surface area contributed by atoms with Gasteiger partial charge in [-0.15, -0.1) is 0 Å². The summed E-state index contributed by atoms with van der Waals surface area (Å²) < 4.78 is 0. The second-order valence-electron chi connectivity index (χ2n) is 7.26. The first kappa shape index (κ1) is 16.0. The van der Waals surface area contributed by atoms with Gasteiger partial charge in [0, 0.05) is 12.6 Å². The van der Waals surface area contributed by atoms with Gasteiger partial charge < -0.3 is 10.2 Å². The molecule has 1 aliphatic heterocycles. The fourth-order valence-electron chi connectivity index (χ4n) is 4.02. The summed E-state index contributed by atoms with van der Waals surface area (Å²) in [5.74, 6) is 0.963. The molecule has 3 rings (SSSR count). The highest BCUT2D eigenvalue weighted by molar-refractivity contribution is 5.14. The van der Waals surface area contributed by atoms with Crippen molar-refractivity contribution in [3.63, 3.8) is 0 Å². The minimum atomic E-state index is 0.773. The zero-order chi connectivity index (χ0) is 15.0. The Kier molecular flexibility index (Phi) is 6.32. The van der Waals surface area contributed by atoms with Gasteiger partial charge in [0.25, 0.3) is 0 Å². The molecule has 1 saturated heterocycles. The SMILES string of the molecule is c1ccc(CCN2CCC(NCC3CCCCC3)CC2)cc1. The fraction of sp³-hybridized carbons (Fsp3) is 0.700. The first-order chi connectivity index (χ1) is 10.9. The molecule has 0 radical (unpaired) electrons. The summed E-state index contributed by atoms with van der Waals surface area (Å²) in [6.07, 6.45) is 11.2. The van der Waals surface area contributed by atoms with Crippen LogP contribution < -0.4 is 5.32 Å². The van der Waals surface area contributed by atoms with Gasteiger partial charge in [0.1, 0.15) is 0 Å². The summed E-state index contributed by atoms with van der Waals surface area (Å²) >= 11 is 0. The number of hydrogen-bond acceptors (Lipinski definition) is 2. The number of hydrogen-bond donors (Lipinski definition) is 1. The maximum atomic E-state index is 3.86. The fourth-order valence-corrected chi connectivity index (χ4v) is 4.02. The van der Waals surface area contributed by atoms with Gasteiger partial charge in [0.15, 0.2) is 0 Å². The Hall–Kier alpha value is -0.860. The third kappa shape index (κ3) is 5.10. The molecule has 22 heavy (non-hydrogen) atoms. The predicted octanol–water partition coefficient (Wildman–Crippen LogP) is 3.86. The zero-order valence-electron chi connectivity index (χ0n) is 14.0. The van der Waals surface area contributed by atoms with E-state index < -0.39 is 0 Å². The molecule has 2 heteroatoms. The lowest BCUT2D eigenvalue weighted by Gasteiger charge is -2.33. The Morgan fingerprint density at radius 3 is 2.36 bits per heavy atom. The maximum absolute atomic E-state index is 3.86. The molecule has 2 aliphatic rings. The summed E-state index contributed by atoms with van der Waals surface area (Å²) in [7, 11) is 0. The van der Waals surface area contributed by atoms with Crippen molar-refractivity contribution in [1.82, 2.24) is 10.2 Å². The van der Waals surface area contributed by atoms with Crippen molar-refractivity contribution in [2.24, 2.45) is 5.92 Å². The minimum Gasteiger partial charge on any atom is -0.314 e. The maximum Gasteiger partial charge on any atom is 0.00915 e. The molecule has 1 aromatic rings. The first-order valence-electron chi connectivity index (χ1n) is 9.40. The molecule has 0 unspecified atom stereocenters. The lowest BCUT2D eigenvalue weighted by molar-refractivity contribution is 0.193. The Labute approximate surface area is 136 Å². The number of benzene rings is 1. The minimum absolute atomic E-state index is 0.773. The average Bonchev–Trinajstić information content (AvgIpc) is 2.61. The summed E-state index contributed by atoms with van der Waals surface area (Å²) in [6.45, 7) is 5.04. The molecule has 2 nitrogen and oxygen atoms in total. The number of nitrogens with zero attached hydrogens (tertiary/aromatic N) is 1. The normalized spacial score (nSPS) is 22.0. The van der Waals surface area contributed by atoms with E-state index in [0.717, 1.165) is 12.0 Å². The van der Waals surface area contributed by atoms with E-state index in [0.29, 0.717) is 0 Å². The predicted molar refractivity (Wildman–Crippen MR) is 94.2 cm³/mol. The van der Waals surface area contributed by atoms with E-state index in [2.05, 4.69) is 40.5 Å². The van der Waals surface area contributed by atoms with Crippen LogP contribution in [-0.4, -0.2) is 37.1 Å². The van der Waals surface area contributed by atoms with E-state index in [1.165, 1.54) is 83.1 Å². The van der Waals surface area contributed by atoms with Crippen LogP contribution in [0, 0.1) is 5.92 Å². The Morgan fingerprint density at radius 2 is 1.64 bits per heavy atom. The second kappa shape index (κ2) is 8.69. The number of rotatable bonds is 6. The second-order valence-corrected chi connectivity index (χ2v) is 7.26. The molecule has 1 aliphatic carbocycles. The quantitative estimate of drug-likeness (QED) is 0.858. The Balaban J connectivity index is 1.30. The number of likely N-dealkylation sites (tertiary alicyclic amines) is 1. The van der Waals surface area contributed by atoms with Crippen molar-refractivity contribution in [3.05, 3.63) is 35.9 Å². The average molecular weight is 300 g/mol. The number of nitrogens with one attached hydrogen (secondary N) is 1. The summed E-state index contributed by atoms with van der Waals surface area (Å²) in [5.41, 5.74) is 1.47. The zero-order valence-corrected chi connectivity index (χ0v) is 14.0. The highest BCUT2D eigenvalue weighted by Crippen LogP contribution is 2.23. The summed E-state index contributed by atoms with van der Waals surface area (Å²) in [5, 5.41) is 3.86. The monoisotopic (exact) mass is 300 g/mol. The molecule has 122 valence electrons. The van der Waals surface area contributed by atoms with Crippen LogP contribution in [0.1, 0.15) is 50.5 Å². The summed E-state index contributed by atoms with van der Waals surface area (Å²) in [6, 6.07) is 11.7. The van der Waals surface area contributed by atoms with Gasteiger partial charge in [-0.3, -0.25) is 0 Å². The van der Waals surface area contributed by atoms with Crippen molar-refractivity contribution in [3.8, 4) is 0 Å². The molecular weight excluding hydrogens is 268 g/mol. The molecule has 0 aromatic heterocycles. The molecular formula is C20H32N2. The van der Waals surface area contributed by atoms with E-state index >= 15 is 0 Å². The van der Waals surface area contributed by atoms with Gasteiger partial charge in [0.2, 0.25) is 0 Å². The third-order valence-corrected chi connectivity index (χ3v) is 5.57. The van der Waals surface area contributed by atoms with Crippen LogP contribution >= 0.6 is 0 Å². The molecule has 0 amide bonds. The first-order valence-corrected chi connectivity index (χ1v) is 9.40. The van der Waals surface area contributed by atoms with Gasteiger partial charge in [-0.05, 0) is 63.2 Å². The van der Waals surface area contributed by atoms with E-state index in [1.807, 2.05) is 0 Å². The third-order valence-electron chi connectivity index (χ3n) is 5.57. The van der Waals surface area contributed by atoms with Crippen molar-refractivity contribution >= 4 is 0 Å². The van der Waals surface area contributed by atoms with Crippen LogP contribution in [0.15, 0.2) is 30.3 Å². The van der Waals surface area contributed by atoms with Gasteiger partial charge in [0.05, 0.1) is 0 Å². The standard InChI is InChI=1S/C20H32N2/c1-3-7-18(8-4-1)11-14-22-15-12-20(13-16-22)21-17-19-9-5-2-6-10-19/h1,3-4,7-8,19-21H,2,5-6,9-17H2. The molecule has 0 atom stereocenters. The molecule has 1 N–H and O–H groups in total. The van der Waals surface area contributed by atoms with Gasteiger partial charge >= 0.3 is 0 Å². The van der Waals surface area contributed by atoms with Crippen LogP contribution in [-0.2, 0) is 6.42 Å². The Morgan fingerprint density at radius 1 is 0.909 bits per heavy atom. The van der Waals surface area contributed by atoms with Crippen LogP contribution in [0.5, 0.6) is 0 Å². The van der Waals surface area contributed by atoms with E-state index in [-0.39, 0.29) is 0 Å². The van der Waals surface area contributed by atoms with Crippen molar-refractivity contribution in [2.45, 2.75) is 57.4 Å². The highest BCUT2D eigenvalue weighted by atomic mass is 15.1. The summed E-state index contributed by atoms with van der Waals surface area (Å²) in [4.78, 5) is 2.64. The lowest BCUT2D eigenvalue weighted by Crippen LogP contribution is -2.44. The molecule has 0 bridgehead atoms. The van der Waals surface area contributed by atoms with Crippen molar-refractivity contribution in [1.29, 1.82) is 0 Å². The van der Waals surface area contributed by atoms with Gasteiger partial charge in [-0.1, -0.05) is 49.6 Å². The number of piperidine rings is 1. The topological polar surface area (TPSA) is 15.3 Å². The van der Waals surface area contributed by atoms with Crippen LogP contribution in [0.25, 0.3) is 0 Å². The Bertz CT molecular complexity index is 403. The van der Waals surface area contributed by atoms with E-state index in [4.69, 9.17) is 0 Å². The molecule has 1 saturated carbocycles. The van der Waals surface area contributed by atoms with Crippen LogP contribution in [0.2, 0.25) is 0 Å². The van der Waals surface area contributed by atoms with E-state index in [9.17, 15) is 0 Å². The lowest BCUT2D eigenvalue weighted by atomic mass is 9.89. The molecule has 0 spiro atoms. The molecule has 1 heterocycles. The largest absolute Gasteiger partial charge is 0.314 e.